The van der Waals surface area contributed by atoms with E-state index in [1.165, 1.54) is 12.1 Å². The Bertz CT molecular complexity index is 779. The molecule has 0 amide bonds. The van der Waals surface area contributed by atoms with E-state index < -0.39 is 17.4 Å². The van der Waals surface area contributed by atoms with Gasteiger partial charge in [0.1, 0.15) is 6.61 Å². The number of benzene rings is 1. The fraction of sp³-hybridized carbons (Fsp3) is 0.333. The molecule has 0 saturated carbocycles. The van der Waals surface area contributed by atoms with Crippen LogP contribution in [0.15, 0.2) is 42.5 Å². The Morgan fingerprint density at radius 1 is 1.07 bits per heavy atom. The van der Waals surface area contributed by atoms with Crippen molar-refractivity contribution >= 4 is 11.9 Å². The molecule has 0 heterocycles. The van der Waals surface area contributed by atoms with E-state index in [4.69, 9.17) is 9.47 Å². The summed E-state index contributed by atoms with van der Waals surface area (Å²) < 4.78 is 10.6. The van der Waals surface area contributed by atoms with Crippen molar-refractivity contribution in [3.05, 3.63) is 59.2 Å². The molecule has 1 aromatic rings. The lowest BCUT2D eigenvalue weighted by Crippen LogP contribution is -2.23. The first-order valence-corrected chi connectivity index (χ1v) is 8.60. The van der Waals surface area contributed by atoms with E-state index in [1.807, 2.05) is 31.2 Å². The van der Waals surface area contributed by atoms with Gasteiger partial charge in [0.2, 0.25) is 0 Å². The zero-order valence-electron chi connectivity index (χ0n) is 15.1. The molecule has 6 heteroatoms. The van der Waals surface area contributed by atoms with E-state index >= 15 is 0 Å². The summed E-state index contributed by atoms with van der Waals surface area (Å²) in [6.07, 6.45) is 7.97. The summed E-state index contributed by atoms with van der Waals surface area (Å²) in [5, 5.41) is 18.6. The summed E-state index contributed by atoms with van der Waals surface area (Å²) in [6.45, 7) is 3.67. The number of hydrogen-bond acceptors (Lipinski definition) is 4. The lowest BCUT2D eigenvalue weighted by Gasteiger charge is -2.27. The maximum absolute atomic E-state index is 11.4. The summed E-state index contributed by atoms with van der Waals surface area (Å²) in [5.74, 6) is 3.73. The third-order valence-electron chi connectivity index (χ3n) is 4.07. The molecule has 1 aliphatic carbocycles. The molecule has 0 spiro atoms. The maximum Gasteiger partial charge on any atom is 0.335 e. The van der Waals surface area contributed by atoms with E-state index in [0.717, 1.165) is 6.07 Å². The number of carboxylic acid groups (broad SMARTS) is 2. The lowest BCUT2D eigenvalue weighted by atomic mass is 9.75. The van der Waals surface area contributed by atoms with Crippen LogP contribution in [-0.2, 0) is 14.9 Å². The van der Waals surface area contributed by atoms with Crippen molar-refractivity contribution in [3.63, 3.8) is 0 Å². The lowest BCUT2D eigenvalue weighted by molar-refractivity contribution is 0.0662. The van der Waals surface area contributed by atoms with Crippen LogP contribution in [-0.4, -0.2) is 48.6 Å². The van der Waals surface area contributed by atoms with Crippen LogP contribution in [0.25, 0.3) is 0 Å². The van der Waals surface area contributed by atoms with Crippen molar-refractivity contribution < 1.29 is 29.3 Å². The second-order valence-corrected chi connectivity index (χ2v) is 5.92. The molecule has 6 nitrogen and oxygen atoms in total. The normalized spacial score (nSPS) is 18.0. The molecule has 0 aromatic heterocycles. The third kappa shape index (κ3) is 5.55. The van der Waals surface area contributed by atoms with Gasteiger partial charge in [-0.25, -0.2) is 9.59 Å². The molecule has 27 heavy (non-hydrogen) atoms. The zero-order valence-corrected chi connectivity index (χ0v) is 15.1. The Hall–Kier alpha value is -2.88. The van der Waals surface area contributed by atoms with Gasteiger partial charge >= 0.3 is 11.9 Å². The van der Waals surface area contributed by atoms with Gasteiger partial charge in [0.05, 0.1) is 29.8 Å². The minimum atomic E-state index is -1.18. The Morgan fingerprint density at radius 3 is 2.30 bits per heavy atom. The van der Waals surface area contributed by atoms with Crippen molar-refractivity contribution in [2.75, 3.05) is 26.4 Å². The smallest absolute Gasteiger partial charge is 0.335 e. The van der Waals surface area contributed by atoms with Gasteiger partial charge < -0.3 is 19.7 Å². The number of rotatable bonds is 8. The zero-order chi connectivity index (χ0) is 19.7. The van der Waals surface area contributed by atoms with Crippen molar-refractivity contribution in [1.29, 1.82) is 0 Å². The highest BCUT2D eigenvalue weighted by molar-refractivity contribution is 5.94. The second-order valence-electron chi connectivity index (χ2n) is 5.92. The minimum absolute atomic E-state index is 0.0815. The van der Waals surface area contributed by atoms with Crippen LogP contribution in [0.1, 0.15) is 39.6 Å². The van der Waals surface area contributed by atoms with Gasteiger partial charge in [0.15, 0.2) is 0 Å². The molecule has 1 aromatic carbocycles. The van der Waals surface area contributed by atoms with Gasteiger partial charge in [-0.2, -0.15) is 0 Å². The quantitative estimate of drug-likeness (QED) is 0.540. The predicted octanol–water partition coefficient (Wildman–Crippen LogP) is 2.89. The molecule has 0 radical (unpaired) electrons. The van der Waals surface area contributed by atoms with Gasteiger partial charge in [-0.15, -0.1) is 0 Å². The van der Waals surface area contributed by atoms with Gasteiger partial charge in [-0.05, 0) is 37.1 Å². The summed E-state index contributed by atoms with van der Waals surface area (Å²) in [5.41, 5.74) is -0.431. The fourth-order valence-electron chi connectivity index (χ4n) is 2.71. The average Bonchev–Trinajstić information content (AvgIpc) is 2.67. The number of carboxylic acids is 2. The molecule has 0 aliphatic heterocycles. The number of hydrogen-bond donors (Lipinski definition) is 2. The first kappa shape index (κ1) is 20.4. The third-order valence-corrected chi connectivity index (χ3v) is 4.07. The Balaban J connectivity index is 2.31. The Labute approximate surface area is 158 Å². The summed E-state index contributed by atoms with van der Waals surface area (Å²) in [4.78, 5) is 22.8. The molecule has 0 fully saturated rings. The van der Waals surface area contributed by atoms with E-state index in [1.54, 1.807) is 0 Å². The molecule has 2 N–H and O–H groups in total. The molecule has 1 unspecified atom stereocenters. The first-order valence-electron chi connectivity index (χ1n) is 8.60. The van der Waals surface area contributed by atoms with Crippen molar-refractivity contribution in [1.82, 2.24) is 0 Å². The Kier molecular flexibility index (Phi) is 7.35. The van der Waals surface area contributed by atoms with Gasteiger partial charge in [0.25, 0.3) is 0 Å². The van der Waals surface area contributed by atoms with E-state index in [9.17, 15) is 19.8 Å². The summed E-state index contributed by atoms with van der Waals surface area (Å²) in [6, 6.07) is 4.10. The largest absolute Gasteiger partial charge is 0.478 e. The molecule has 0 bridgehead atoms. The van der Waals surface area contributed by atoms with Crippen molar-refractivity contribution in [2.45, 2.75) is 18.8 Å². The highest BCUT2D eigenvalue weighted by Gasteiger charge is 2.29. The molecule has 1 aliphatic rings. The topological polar surface area (TPSA) is 93.1 Å². The monoisotopic (exact) mass is 370 g/mol. The number of ether oxygens (including phenoxy) is 2. The SMILES string of the molecule is CCOCCOCC#CC1(c2cc(C(=O)O)cc(C(=O)O)c2)C=CC=CC1. The van der Waals surface area contributed by atoms with Crippen molar-refractivity contribution in [3.8, 4) is 11.8 Å². The molecule has 0 saturated heterocycles. The van der Waals surface area contributed by atoms with Crippen LogP contribution in [0.4, 0.5) is 0 Å². The average molecular weight is 370 g/mol. The summed E-state index contributed by atoms with van der Waals surface area (Å²) >= 11 is 0. The maximum atomic E-state index is 11.4. The number of allylic oxidation sites excluding steroid dienone is 4. The highest BCUT2D eigenvalue weighted by Crippen LogP contribution is 2.33. The molecular formula is C21H22O6. The van der Waals surface area contributed by atoms with E-state index in [2.05, 4.69) is 11.8 Å². The van der Waals surface area contributed by atoms with Gasteiger partial charge in [-0.1, -0.05) is 36.1 Å². The second kappa shape index (κ2) is 9.72. The molecule has 2 rings (SSSR count). The number of aromatic carboxylic acids is 2. The van der Waals surface area contributed by atoms with Crippen LogP contribution in [0.3, 0.4) is 0 Å². The van der Waals surface area contributed by atoms with Gasteiger partial charge in [-0.3, -0.25) is 0 Å². The van der Waals surface area contributed by atoms with E-state index in [0.29, 0.717) is 31.8 Å². The predicted molar refractivity (Wildman–Crippen MR) is 100 cm³/mol. The summed E-state index contributed by atoms with van der Waals surface area (Å²) in [7, 11) is 0. The Morgan fingerprint density at radius 2 is 1.74 bits per heavy atom. The van der Waals surface area contributed by atoms with Crippen LogP contribution < -0.4 is 0 Å². The van der Waals surface area contributed by atoms with Crippen LogP contribution in [0.2, 0.25) is 0 Å². The van der Waals surface area contributed by atoms with Gasteiger partial charge in [0, 0.05) is 6.61 Å². The minimum Gasteiger partial charge on any atom is -0.478 e. The molecular weight excluding hydrogens is 348 g/mol. The van der Waals surface area contributed by atoms with Crippen molar-refractivity contribution in [2.24, 2.45) is 0 Å². The van der Waals surface area contributed by atoms with Crippen LogP contribution >= 0.6 is 0 Å². The van der Waals surface area contributed by atoms with Crippen LogP contribution in [0.5, 0.6) is 0 Å². The highest BCUT2D eigenvalue weighted by atomic mass is 16.5. The standard InChI is InChI=1S/C21H22O6/c1-2-26-11-12-27-10-6-9-21(7-4-3-5-8-21)18-14-16(19(22)23)13-17(15-18)20(24)25/h3-5,7,13-15H,2,8,10-12H2,1H3,(H,22,23)(H,24,25). The molecule has 1 atom stereocenters. The molecule has 142 valence electrons. The fourth-order valence-corrected chi connectivity index (χ4v) is 2.71. The van der Waals surface area contributed by atoms with E-state index in [-0.39, 0.29) is 17.7 Å². The van der Waals surface area contributed by atoms with Crippen LogP contribution in [0, 0.1) is 11.8 Å². The number of carbonyl (C=O) groups is 2. The first-order chi connectivity index (χ1) is 13.0.